The summed E-state index contributed by atoms with van der Waals surface area (Å²) in [7, 11) is 0. The van der Waals surface area contributed by atoms with Gasteiger partial charge in [0.05, 0.1) is 28.1 Å². The number of nitrogens with one attached hydrogen (secondary N) is 1. The van der Waals surface area contributed by atoms with E-state index in [2.05, 4.69) is 15.3 Å². The number of amides is 2. The van der Waals surface area contributed by atoms with Crippen molar-refractivity contribution in [2.75, 3.05) is 17.6 Å². The Bertz CT molecular complexity index is 1230. The molecule has 1 aliphatic rings. The van der Waals surface area contributed by atoms with E-state index >= 15 is 0 Å². The summed E-state index contributed by atoms with van der Waals surface area (Å²) >= 11 is 0.580. The number of piperidine rings is 1. The van der Waals surface area contributed by atoms with Gasteiger partial charge in [0.1, 0.15) is 5.82 Å². The number of carbonyl (C=O) groups excluding carboxylic acids is 2. The summed E-state index contributed by atoms with van der Waals surface area (Å²) in [6.45, 7) is 4.08. The van der Waals surface area contributed by atoms with Crippen molar-refractivity contribution >= 4 is 44.9 Å². The van der Waals surface area contributed by atoms with Crippen LogP contribution in [0.2, 0.25) is 0 Å². The number of likely N-dealkylation sites (tertiary alicyclic amines) is 1. The van der Waals surface area contributed by atoms with E-state index in [0.717, 1.165) is 6.42 Å². The molecule has 1 aromatic carbocycles. The first kappa shape index (κ1) is 23.0. The van der Waals surface area contributed by atoms with Gasteiger partial charge in [-0.3, -0.25) is 9.59 Å². The Kier molecular flexibility index (Phi) is 6.00. The molecule has 11 heteroatoms. The molecule has 1 aliphatic heterocycles. The summed E-state index contributed by atoms with van der Waals surface area (Å²) in [6.07, 6.45) is -1.73. The van der Waals surface area contributed by atoms with Crippen LogP contribution in [0.3, 0.4) is 0 Å². The fraction of sp³-hybridized carbons (Fsp3) is 0.364. The van der Waals surface area contributed by atoms with Crippen LogP contribution in [-0.2, 0) is 15.8 Å². The number of carbonyl (C=O) groups is 2. The molecule has 3 heterocycles. The molecule has 174 valence electrons. The lowest BCUT2D eigenvalue weighted by molar-refractivity contribution is -0.146. The highest BCUT2D eigenvalue weighted by Gasteiger charge is 2.36. The minimum absolute atomic E-state index is 0.179. The molecule has 1 unspecified atom stereocenters. The van der Waals surface area contributed by atoms with E-state index in [0.29, 0.717) is 51.6 Å². The van der Waals surface area contributed by atoms with Gasteiger partial charge in [-0.05, 0) is 55.0 Å². The van der Waals surface area contributed by atoms with Gasteiger partial charge in [0.25, 0.3) is 0 Å². The van der Waals surface area contributed by atoms with Crippen LogP contribution in [-0.4, -0.2) is 33.2 Å². The largest absolute Gasteiger partial charge is 0.443 e. The molecule has 0 radical (unpaired) electrons. The molecule has 0 bridgehead atoms. The number of anilines is 2. The average molecular weight is 478 g/mol. The molecule has 2 aromatic heterocycles. The Morgan fingerprint density at radius 1 is 1.24 bits per heavy atom. The standard InChI is InChI=1S/C22H22F3N5O2S/c1-11-3-5-16(13-4-6-17-15(8-13)29-21(33-17)22(23,24)25)30(10-11)20(32)19(31)28-14-7-12(2)18(26)27-9-14/h4,6-9,11,16H,3,5,10H2,1-2H3,(H2,26,27)(H,28,31)/t11-,16?/m0/s1. The third-order valence-electron chi connectivity index (χ3n) is 5.69. The van der Waals surface area contributed by atoms with Crippen molar-refractivity contribution in [2.24, 2.45) is 5.92 Å². The number of aromatic nitrogens is 2. The topological polar surface area (TPSA) is 101 Å². The number of nitrogens with zero attached hydrogens (tertiary/aromatic N) is 3. The zero-order valence-corrected chi connectivity index (χ0v) is 18.8. The number of benzene rings is 1. The number of fused-ring (bicyclic) bond motifs is 1. The third kappa shape index (κ3) is 4.77. The summed E-state index contributed by atoms with van der Waals surface area (Å²) in [4.78, 5) is 35.0. The molecule has 1 fully saturated rings. The molecule has 0 saturated carbocycles. The molecule has 3 N–H and O–H groups in total. The van der Waals surface area contributed by atoms with Gasteiger partial charge in [0.2, 0.25) is 0 Å². The minimum atomic E-state index is -4.51. The maximum atomic E-state index is 13.1. The first-order chi connectivity index (χ1) is 15.5. The number of rotatable bonds is 2. The molecule has 4 rings (SSSR count). The quantitative estimate of drug-likeness (QED) is 0.528. The zero-order valence-electron chi connectivity index (χ0n) is 17.9. The maximum absolute atomic E-state index is 13.1. The van der Waals surface area contributed by atoms with Gasteiger partial charge >= 0.3 is 18.0 Å². The summed E-state index contributed by atoms with van der Waals surface area (Å²) in [5.41, 5.74) is 7.59. The molecular weight excluding hydrogens is 455 g/mol. The Labute approximate surface area is 191 Å². The highest BCUT2D eigenvalue weighted by Crippen LogP contribution is 2.38. The molecule has 7 nitrogen and oxygen atoms in total. The summed E-state index contributed by atoms with van der Waals surface area (Å²) in [5.74, 6) is -1.02. The first-order valence-electron chi connectivity index (χ1n) is 10.3. The predicted molar refractivity (Wildman–Crippen MR) is 119 cm³/mol. The van der Waals surface area contributed by atoms with Gasteiger partial charge in [-0.15, -0.1) is 11.3 Å². The van der Waals surface area contributed by atoms with Crippen LogP contribution >= 0.6 is 11.3 Å². The molecular formula is C22H22F3N5O2S. The number of alkyl halides is 3. The highest BCUT2D eigenvalue weighted by atomic mass is 32.1. The van der Waals surface area contributed by atoms with Crippen LogP contribution < -0.4 is 11.1 Å². The SMILES string of the molecule is Cc1cc(NC(=O)C(=O)N2C[C@@H](C)CCC2c2ccc3sc(C(F)(F)F)nc3c2)cnc1N. The summed E-state index contributed by atoms with van der Waals surface area (Å²) in [5, 5.41) is 1.65. The Balaban J connectivity index is 1.59. The van der Waals surface area contributed by atoms with Crippen molar-refractivity contribution in [1.82, 2.24) is 14.9 Å². The van der Waals surface area contributed by atoms with Crippen LogP contribution in [0.1, 0.15) is 41.9 Å². The second-order valence-corrected chi connectivity index (χ2v) is 9.31. The Hall–Kier alpha value is -3.21. The summed E-state index contributed by atoms with van der Waals surface area (Å²) < 4.78 is 39.6. The maximum Gasteiger partial charge on any atom is 0.443 e. The molecule has 0 spiro atoms. The Morgan fingerprint density at radius 3 is 2.70 bits per heavy atom. The van der Waals surface area contributed by atoms with E-state index in [-0.39, 0.29) is 11.4 Å². The number of nitrogens with two attached hydrogens (primary N) is 1. The van der Waals surface area contributed by atoms with E-state index in [9.17, 15) is 22.8 Å². The number of halogens is 3. The molecule has 3 aromatic rings. The van der Waals surface area contributed by atoms with Crippen LogP contribution in [0.15, 0.2) is 30.5 Å². The zero-order chi connectivity index (χ0) is 23.9. The van der Waals surface area contributed by atoms with Crippen LogP contribution in [0.25, 0.3) is 10.2 Å². The lowest BCUT2D eigenvalue weighted by atomic mass is 9.89. The molecule has 0 aliphatic carbocycles. The van der Waals surface area contributed by atoms with Crippen molar-refractivity contribution in [3.05, 3.63) is 46.6 Å². The van der Waals surface area contributed by atoms with Crippen LogP contribution in [0.5, 0.6) is 0 Å². The van der Waals surface area contributed by atoms with E-state index in [4.69, 9.17) is 5.73 Å². The van der Waals surface area contributed by atoms with E-state index in [1.165, 1.54) is 11.1 Å². The number of hydrogen-bond donors (Lipinski definition) is 2. The second kappa shape index (κ2) is 8.62. The molecule has 1 saturated heterocycles. The predicted octanol–water partition coefficient (Wildman–Crippen LogP) is 4.54. The van der Waals surface area contributed by atoms with Crippen LogP contribution in [0.4, 0.5) is 24.7 Å². The second-order valence-electron chi connectivity index (χ2n) is 8.28. The minimum Gasteiger partial charge on any atom is -0.383 e. The molecule has 2 atom stereocenters. The number of pyridine rings is 1. The number of nitrogen functional groups attached to an aromatic ring is 1. The lowest BCUT2D eigenvalue weighted by Gasteiger charge is -2.38. The van der Waals surface area contributed by atoms with Crippen molar-refractivity contribution in [3.63, 3.8) is 0 Å². The average Bonchev–Trinajstić information content (AvgIpc) is 3.20. The summed E-state index contributed by atoms with van der Waals surface area (Å²) in [6, 6.07) is 6.05. The van der Waals surface area contributed by atoms with Crippen molar-refractivity contribution in [3.8, 4) is 0 Å². The van der Waals surface area contributed by atoms with Crippen molar-refractivity contribution in [1.29, 1.82) is 0 Å². The molecule has 33 heavy (non-hydrogen) atoms. The van der Waals surface area contributed by atoms with Gasteiger partial charge in [0.15, 0.2) is 5.01 Å². The van der Waals surface area contributed by atoms with E-state index in [1.807, 2.05) is 6.92 Å². The molecule has 2 amide bonds. The Morgan fingerprint density at radius 2 is 2.00 bits per heavy atom. The van der Waals surface area contributed by atoms with E-state index < -0.39 is 29.0 Å². The van der Waals surface area contributed by atoms with Gasteiger partial charge in [-0.25, -0.2) is 9.97 Å². The smallest absolute Gasteiger partial charge is 0.383 e. The first-order valence-corrected chi connectivity index (χ1v) is 11.2. The van der Waals surface area contributed by atoms with Gasteiger partial charge < -0.3 is 16.0 Å². The van der Waals surface area contributed by atoms with Gasteiger partial charge in [-0.2, -0.15) is 13.2 Å². The highest BCUT2D eigenvalue weighted by molar-refractivity contribution is 7.18. The number of thiazole rings is 1. The lowest BCUT2D eigenvalue weighted by Crippen LogP contribution is -2.46. The monoisotopic (exact) mass is 477 g/mol. The van der Waals surface area contributed by atoms with E-state index in [1.54, 1.807) is 31.2 Å². The normalized spacial score (nSPS) is 19.0. The van der Waals surface area contributed by atoms with Crippen molar-refractivity contribution < 1.29 is 22.8 Å². The van der Waals surface area contributed by atoms with Crippen LogP contribution in [0, 0.1) is 12.8 Å². The number of aryl methyl sites for hydroxylation is 1. The van der Waals surface area contributed by atoms with Crippen molar-refractivity contribution in [2.45, 2.75) is 38.9 Å². The fourth-order valence-corrected chi connectivity index (χ4v) is 4.78. The third-order valence-corrected chi connectivity index (χ3v) is 6.77. The number of hydrogen-bond acceptors (Lipinski definition) is 6. The van der Waals surface area contributed by atoms with Gasteiger partial charge in [0, 0.05) is 6.54 Å². The fourth-order valence-electron chi connectivity index (χ4n) is 3.97. The van der Waals surface area contributed by atoms with Gasteiger partial charge in [-0.1, -0.05) is 13.0 Å².